The monoisotopic (exact) mass is 661 g/mol. The number of anilines is 1. The molecule has 254 valence electrons. The lowest BCUT2D eigenvalue weighted by atomic mass is 10.0. The fourth-order valence-electron chi connectivity index (χ4n) is 6.20. The molecule has 5 rings (SSSR count). The summed E-state index contributed by atoms with van der Waals surface area (Å²) in [7, 11) is 1.45. The molecule has 2 bridgehead atoms. The number of amides is 4. The number of likely N-dealkylation sites (N-methyl/N-ethyl adjacent to an activating group) is 1. The number of carbonyl (C=O) groups is 4. The van der Waals surface area contributed by atoms with E-state index in [2.05, 4.69) is 32.2 Å². The Hall–Kier alpha value is -5.21. The van der Waals surface area contributed by atoms with Gasteiger partial charge in [0.2, 0.25) is 17.7 Å². The lowest BCUT2D eigenvalue weighted by molar-refractivity contribution is -0.135. The number of nitrogens with one attached hydrogen (secondary N) is 2. The summed E-state index contributed by atoms with van der Waals surface area (Å²) in [5, 5.41) is 5.44. The lowest BCUT2D eigenvalue weighted by Gasteiger charge is -2.44. The number of pyridine rings is 2. The van der Waals surface area contributed by atoms with Gasteiger partial charge in [-0.05, 0) is 51.8 Å². The molecule has 0 radical (unpaired) electrons. The molecule has 5 heterocycles. The SMILES string of the molecule is C=CC(=O)N1C[C@H](C)N(c2nc(=O)n3c4nc(c(F)cc24)CN(C)C(=O)C(C)NC(=O)C(C)NC(=O)c2ccnc(C(C)C)c2-3)C[C@H]1C. The van der Waals surface area contributed by atoms with E-state index in [1.165, 1.54) is 50.2 Å². The topological polar surface area (TPSA) is 163 Å². The van der Waals surface area contributed by atoms with Gasteiger partial charge in [-0.1, -0.05) is 20.4 Å². The summed E-state index contributed by atoms with van der Waals surface area (Å²) in [6, 6.07) is -0.0279. The molecule has 1 saturated heterocycles. The zero-order chi connectivity index (χ0) is 35.2. The smallest absolute Gasteiger partial charge is 0.349 e. The Kier molecular flexibility index (Phi) is 9.33. The lowest BCUT2D eigenvalue weighted by Crippen LogP contribution is -2.58. The third kappa shape index (κ3) is 6.11. The van der Waals surface area contributed by atoms with Gasteiger partial charge in [0.1, 0.15) is 23.7 Å². The number of nitrogens with zero attached hydrogens (tertiary/aromatic N) is 7. The van der Waals surface area contributed by atoms with Gasteiger partial charge in [0.25, 0.3) is 5.91 Å². The molecule has 2 aliphatic rings. The van der Waals surface area contributed by atoms with Gasteiger partial charge in [-0.3, -0.25) is 24.2 Å². The molecule has 14 nitrogen and oxygen atoms in total. The van der Waals surface area contributed by atoms with Crippen LogP contribution in [0, 0.1) is 5.82 Å². The molecule has 0 aromatic carbocycles. The van der Waals surface area contributed by atoms with Crippen LogP contribution in [0.2, 0.25) is 0 Å². The highest BCUT2D eigenvalue weighted by Crippen LogP contribution is 2.32. The van der Waals surface area contributed by atoms with Crippen LogP contribution in [0.25, 0.3) is 16.7 Å². The van der Waals surface area contributed by atoms with Crippen molar-refractivity contribution in [3.63, 3.8) is 0 Å². The Morgan fingerprint density at radius 1 is 1.04 bits per heavy atom. The molecular formula is C33H40FN9O5. The second-order valence-electron chi connectivity index (χ2n) is 12.8. The van der Waals surface area contributed by atoms with Gasteiger partial charge in [-0.25, -0.2) is 18.7 Å². The van der Waals surface area contributed by atoms with E-state index in [0.717, 1.165) is 4.57 Å². The van der Waals surface area contributed by atoms with Gasteiger partial charge in [0.05, 0.1) is 34.6 Å². The highest BCUT2D eigenvalue weighted by Gasteiger charge is 2.35. The summed E-state index contributed by atoms with van der Waals surface area (Å²) < 4.78 is 17.2. The van der Waals surface area contributed by atoms with Crippen molar-refractivity contribution in [3.8, 4) is 5.69 Å². The molecule has 48 heavy (non-hydrogen) atoms. The highest BCUT2D eigenvalue weighted by molar-refractivity contribution is 6.02. The van der Waals surface area contributed by atoms with Gasteiger partial charge in [0.15, 0.2) is 5.65 Å². The molecule has 15 heteroatoms. The van der Waals surface area contributed by atoms with Crippen LogP contribution in [-0.4, -0.2) is 97.3 Å². The zero-order valence-corrected chi connectivity index (χ0v) is 28.1. The molecule has 2 aliphatic heterocycles. The average Bonchev–Trinajstić information content (AvgIpc) is 3.04. The molecule has 0 aliphatic carbocycles. The van der Waals surface area contributed by atoms with Crippen LogP contribution in [0.3, 0.4) is 0 Å². The Morgan fingerprint density at radius 2 is 1.75 bits per heavy atom. The average molecular weight is 662 g/mol. The van der Waals surface area contributed by atoms with Crippen LogP contribution < -0.4 is 21.2 Å². The minimum Gasteiger partial charge on any atom is -0.349 e. The summed E-state index contributed by atoms with van der Waals surface area (Å²) in [5.74, 6) is -2.92. The Bertz CT molecular complexity index is 1890. The Labute approximate surface area is 277 Å². The summed E-state index contributed by atoms with van der Waals surface area (Å²) in [4.78, 5) is 85.2. The van der Waals surface area contributed by atoms with Crippen LogP contribution in [0.1, 0.15) is 69.2 Å². The van der Waals surface area contributed by atoms with Gasteiger partial charge in [0, 0.05) is 38.4 Å². The maximum atomic E-state index is 16.1. The van der Waals surface area contributed by atoms with Crippen molar-refractivity contribution < 1.29 is 23.6 Å². The minimum absolute atomic E-state index is 0.000759. The molecule has 4 atom stereocenters. The highest BCUT2D eigenvalue weighted by atomic mass is 19.1. The normalized spacial score (nSPS) is 22.3. The van der Waals surface area contributed by atoms with E-state index in [1.54, 1.807) is 4.90 Å². The molecule has 2 unspecified atom stereocenters. The van der Waals surface area contributed by atoms with E-state index >= 15 is 4.39 Å². The molecule has 3 aromatic heterocycles. The van der Waals surface area contributed by atoms with Gasteiger partial charge >= 0.3 is 5.69 Å². The standard InChI is InChI=1S/C33H40FN9O5/c1-9-25(44)41-13-18(5)42(14-17(41)4)28-22-12-23(34)24-15-40(8)32(47)20(7)37-30(45)19(6)36-31(46)21-10-11-35-26(16(2)3)27(21)43(29(22)38-24)33(48)39-28/h9-12,16-20H,1,13-15H2,2-8H3,(H,36,46)(H,37,45)/t17-,18+,19?,20?/m1/s1. The molecule has 1 fully saturated rings. The van der Waals surface area contributed by atoms with Crippen molar-refractivity contribution in [2.24, 2.45) is 0 Å². The maximum absolute atomic E-state index is 16.1. The summed E-state index contributed by atoms with van der Waals surface area (Å²) in [6.07, 6.45) is 2.68. The van der Waals surface area contributed by atoms with Crippen molar-refractivity contribution in [1.82, 2.24) is 40.0 Å². The first-order chi connectivity index (χ1) is 22.6. The van der Waals surface area contributed by atoms with Crippen molar-refractivity contribution in [1.29, 1.82) is 0 Å². The van der Waals surface area contributed by atoms with Crippen LogP contribution in [0.15, 0.2) is 35.8 Å². The quantitative estimate of drug-likeness (QED) is 0.398. The van der Waals surface area contributed by atoms with E-state index in [-0.39, 0.29) is 70.8 Å². The summed E-state index contributed by atoms with van der Waals surface area (Å²) in [6.45, 7) is 14.3. The van der Waals surface area contributed by atoms with E-state index in [1.807, 2.05) is 32.6 Å². The number of halogens is 1. The van der Waals surface area contributed by atoms with Crippen molar-refractivity contribution >= 4 is 40.5 Å². The van der Waals surface area contributed by atoms with E-state index < -0.39 is 41.3 Å². The fourth-order valence-corrected chi connectivity index (χ4v) is 6.20. The number of aromatic nitrogens is 4. The third-order valence-electron chi connectivity index (χ3n) is 8.79. The van der Waals surface area contributed by atoms with Crippen LogP contribution in [0.5, 0.6) is 0 Å². The van der Waals surface area contributed by atoms with Crippen molar-refractivity contribution in [2.75, 3.05) is 25.0 Å². The van der Waals surface area contributed by atoms with Gasteiger partial charge in [-0.2, -0.15) is 4.98 Å². The third-order valence-corrected chi connectivity index (χ3v) is 8.79. The van der Waals surface area contributed by atoms with Crippen molar-refractivity contribution in [3.05, 3.63) is 64.2 Å². The number of hydrogen-bond donors (Lipinski definition) is 2. The first-order valence-electron chi connectivity index (χ1n) is 15.8. The van der Waals surface area contributed by atoms with Crippen LogP contribution >= 0.6 is 0 Å². The van der Waals surface area contributed by atoms with Gasteiger partial charge < -0.3 is 25.3 Å². The predicted octanol–water partition coefficient (Wildman–Crippen LogP) is 1.64. The molecule has 2 N–H and O–H groups in total. The predicted molar refractivity (Wildman–Crippen MR) is 176 cm³/mol. The van der Waals surface area contributed by atoms with E-state index in [9.17, 15) is 24.0 Å². The molecule has 0 spiro atoms. The summed E-state index contributed by atoms with van der Waals surface area (Å²) >= 11 is 0. The van der Waals surface area contributed by atoms with Crippen molar-refractivity contribution in [2.45, 2.75) is 78.2 Å². The number of fused-ring (bicyclic) bond motifs is 3. The fraction of sp³-hybridized carbons (Fsp3) is 0.455. The first-order valence-corrected chi connectivity index (χ1v) is 15.8. The molecule has 4 amide bonds. The van der Waals surface area contributed by atoms with Gasteiger partial charge in [-0.15, -0.1) is 0 Å². The largest absolute Gasteiger partial charge is 0.355 e. The number of carbonyl (C=O) groups excluding carboxylic acids is 4. The van der Waals surface area contributed by atoms with E-state index in [0.29, 0.717) is 12.2 Å². The second kappa shape index (κ2) is 13.1. The maximum Gasteiger partial charge on any atom is 0.355 e. The first kappa shape index (κ1) is 34.1. The number of hydrogen-bond acceptors (Lipinski definition) is 9. The molecule has 0 saturated carbocycles. The molecule has 3 aromatic rings. The Morgan fingerprint density at radius 3 is 2.42 bits per heavy atom. The molecular weight excluding hydrogens is 621 g/mol. The van der Waals surface area contributed by atoms with E-state index in [4.69, 9.17) is 0 Å². The summed E-state index contributed by atoms with van der Waals surface area (Å²) in [5.41, 5.74) is -0.464. The Balaban J connectivity index is 1.83. The van der Waals surface area contributed by atoms with Crippen LogP contribution in [-0.2, 0) is 20.9 Å². The number of rotatable bonds is 3. The zero-order valence-electron chi connectivity index (χ0n) is 28.1. The number of piperazine rings is 1. The minimum atomic E-state index is -1.06. The second-order valence-corrected chi connectivity index (χ2v) is 12.8. The van der Waals surface area contributed by atoms with Crippen LogP contribution in [0.4, 0.5) is 10.2 Å².